The van der Waals surface area contributed by atoms with E-state index in [2.05, 4.69) is 20.2 Å². The van der Waals surface area contributed by atoms with Crippen LogP contribution in [-0.2, 0) is 5.54 Å². The van der Waals surface area contributed by atoms with Gasteiger partial charge in [0.25, 0.3) is 5.91 Å². The summed E-state index contributed by atoms with van der Waals surface area (Å²) in [4.78, 5) is 23.7. The van der Waals surface area contributed by atoms with E-state index in [-0.39, 0.29) is 11.7 Å². The van der Waals surface area contributed by atoms with Gasteiger partial charge >= 0.3 is 0 Å². The summed E-state index contributed by atoms with van der Waals surface area (Å²) in [5.74, 6) is 0.776. The van der Waals surface area contributed by atoms with Crippen LogP contribution in [0.2, 0.25) is 0 Å². The Balaban J connectivity index is 1.49. The minimum Gasteiger partial charge on any atom is -0.459 e. The Hall–Kier alpha value is -3.65. The van der Waals surface area contributed by atoms with Crippen LogP contribution in [0.25, 0.3) is 5.65 Å². The number of nitrogens with zero attached hydrogens (tertiary/aromatic N) is 4. The molecule has 0 radical (unpaired) electrons. The van der Waals surface area contributed by atoms with Crippen molar-refractivity contribution in [3.8, 4) is 0 Å². The number of imidazole rings is 1. The summed E-state index contributed by atoms with van der Waals surface area (Å²) in [7, 11) is 0. The van der Waals surface area contributed by atoms with Crippen molar-refractivity contribution in [3.05, 3.63) is 84.3 Å². The number of aryl methyl sites for hydroxylation is 1. The van der Waals surface area contributed by atoms with Crippen LogP contribution < -0.4 is 10.2 Å². The highest BCUT2D eigenvalue weighted by Gasteiger charge is 2.46. The molecule has 3 aromatic heterocycles. The summed E-state index contributed by atoms with van der Waals surface area (Å²) in [6, 6.07) is 11.4. The molecule has 8 nitrogen and oxygen atoms in total. The third kappa shape index (κ3) is 3.25. The molecule has 1 aliphatic rings. The highest BCUT2D eigenvalue weighted by Crippen LogP contribution is 2.35. The summed E-state index contributed by atoms with van der Waals surface area (Å²) < 4.78 is 7.34. The number of aromatic nitrogens is 3. The van der Waals surface area contributed by atoms with E-state index in [4.69, 9.17) is 4.42 Å². The summed E-state index contributed by atoms with van der Waals surface area (Å²) >= 11 is 0. The molecule has 158 valence electrons. The van der Waals surface area contributed by atoms with Crippen LogP contribution in [0.1, 0.15) is 28.1 Å². The van der Waals surface area contributed by atoms with E-state index in [0.29, 0.717) is 19.5 Å². The van der Waals surface area contributed by atoms with Gasteiger partial charge in [-0.05, 0) is 25.0 Å². The number of hydrogen-bond acceptors (Lipinski definition) is 6. The van der Waals surface area contributed by atoms with Gasteiger partial charge in [-0.3, -0.25) is 14.2 Å². The molecule has 1 amide bonds. The Kier molecular flexibility index (Phi) is 4.71. The lowest BCUT2D eigenvalue weighted by Gasteiger charge is -2.46. The Labute approximate surface area is 179 Å². The number of β-amino-alcohol motifs (C(OH)–C–C–N with tert-alkyl or cyclic N) is 1. The number of benzene rings is 1. The Bertz CT molecular complexity index is 1220. The predicted octanol–water partition coefficient (Wildman–Crippen LogP) is 2.53. The van der Waals surface area contributed by atoms with Gasteiger partial charge in [0, 0.05) is 31.0 Å². The van der Waals surface area contributed by atoms with Crippen molar-refractivity contribution in [2.24, 2.45) is 0 Å². The second kappa shape index (κ2) is 7.55. The average Bonchev–Trinajstić information content (AvgIpc) is 3.44. The fourth-order valence-electron chi connectivity index (χ4n) is 4.37. The first-order valence-electron chi connectivity index (χ1n) is 10.2. The SMILES string of the molecule is Cc1ccoc1C(=O)N[C@@]1(c2ccccc2)CCN(c2cncc3nccn23)C[C@H]1O. The molecular weight excluding hydrogens is 394 g/mol. The van der Waals surface area contributed by atoms with Gasteiger partial charge < -0.3 is 19.7 Å². The van der Waals surface area contributed by atoms with Gasteiger partial charge in [-0.2, -0.15) is 0 Å². The normalized spacial score (nSPS) is 21.4. The number of carbonyl (C=O) groups excluding carboxylic acids is 1. The van der Waals surface area contributed by atoms with E-state index in [1.54, 1.807) is 24.7 Å². The summed E-state index contributed by atoms with van der Waals surface area (Å²) in [5, 5.41) is 14.5. The van der Waals surface area contributed by atoms with Crippen molar-refractivity contribution >= 4 is 17.4 Å². The van der Waals surface area contributed by atoms with Crippen LogP contribution >= 0.6 is 0 Å². The maximum atomic E-state index is 13.1. The van der Waals surface area contributed by atoms with Crippen molar-refractivity contribution in [2.45, 2.75) is 25.0 Å². The molecule has 4 aromatic rings. The number of piperidine rings is 1. The largest absolute Gasteiger partial charge is 0.459 e. The Morgan fingerprint density at radius 2 is 2.10 bits per heavy atom. The standard InChI is InChI=1S/C23H23N5O3/c1-16-7-12-31-21(16)22(30)26-23(17-5-3-2-4-6-17)8-10-27(15-18(23)29)20-14-24-13-19-25-9-11-28(19)20/h2-7,9,11-14,18,29H,8,10,15H2,1H3,(H,26,30)/t18-,23-/m1/s1. The minimum atomic E-state index is -0.940. The molecule has 31 heavy (non-hydrogen) atoms. The first kappa shape index (κ1) is 19.3. The minimum absolute atomic E-state index is 0.261. The highest BCUT2D eigenvalue weighted by molar-refractivity contribution is 5.93. The van der Waals surface area contributed by atoms with Crippen molar-refractivity contribution in [3.63, 3.8) is 0 Å². The van der Waals surface area contributed by atoms with E-state index in [9.17, 15) is 9.90 Å². The summed E-state index contributed by atoms with van der Waals surface area (Å²) in [5.41, 5.74) is 1.42. The van der Waals surface area contributed by atoms with Gasteiger partial charge in [-0.1, -0.05) is 30.3 Å². The third-order valence-electron chi connectivity index (χ3n) is 6.05. The van der Waals surface area contributed by atoms with E-state index < -0.39 is 11.6 Å². The van der Waals surface area contributed by atoms with Crippen molar-refractivity contribution in [2.75, 3.05) is 18.0 Å². The number of amides is 1. The molecule has 2 atom stereocenters. The fourth-order valence-corrected chi connectivity index (χ4v) is 4.37. The number of anilines is 1. The number of fused-ring (bicyclic) bond motifs is 1. The van der Waals surface area contributed by atoms with E-state index in [1.807, 2.05) is 47.9 Å². The molecule has 1 aromatic carbocycles. The topological polar surface area (TPSA) is 95.9 Å². The van der Waals surface area contributed by atoms with E-state index >= 15 is 0 Å². The molecule has 8 heteroatoms. The summed E-state index contributed by atoms with van der Waals surface area (Å²) in [6.45, 7) is 2.76. The van der Waals surface area contributed by atoms with Crippen LogP contribution in [0.4, 0.5) is 5.82 Å². The molecule has 1 aliphatic heterocycles. The maximum absolute atomic E-state index is 13.1. The second-order valence-electron chi connectivity index (χ2n) is 7.86. The average molecular weight is 417 g/mol. The van der Waals surface area contributed by atoms with Gasteiger partial charge in [0.05, 0.1) is 30.3 Å². The first-order valence-corrected chi connectivity index (χ1v) is 10.2. The van der Waals surface area contributed by atoms with E-state index in [0.717, 1.165) is 22.6 Å². The third-order valence-corrected chi connectivity index (χ3v) is 6.05. The number of furan rings is 1. The monoisotopic (exact) mass is 417 g/mol. The zero-order chi connectivity index (χ0) is 21.4. The number of nitrogens with one attached hydrogen (secondary N) is 1. The van der Waals surface area contributed by atoms with Gasteiger partial charge in [0.15, 0.2) is 11.4 Å². The number of aliphatic hydroxyl groups is 1. The smallest absolute Gasteiger partial charge is 0.288 e. The molecule has 5 rings (SSSR count). The first-order chi connectivity index (χ1) is 15.1. The number of hydrogen-bond donors (Lipinski definition) is 2. The number of aliphatic hydroxyl groups excluding tert-OH is 1. The van der Waals surface area contributed by atoms with Gasteiger partial charge in [-0.25, -0.2) is 4.98 Å². The molecule has 0 bridgehead atoms. The lowest BCUT2D eigenvalue weighted by atomic mass is 9.78. The van der Waals surface area contributed by atoms with Crippen molar-refractivity contribution in [1.29, 1.82) is 0 Å². The van der Waals surface area contributed by atoms with Crippen LogP contribution in [0.15, 0.2) is 71.9 Å². The van der Waals surface area contributed by atoms with Crippen LogP contribution in [0, 0.1) is 6.92 Å². The molecule has 0 spiro atoms. The molecule has 1 fully saturated rings. The van der Waals surface area contributed by atoms with Gasteiger partial charge in [0.1, 0.15) is 5.82 Å². The molecule has 0 saturated carbocycles. The molecular formula is C23H23N5O3. The predicted molar refractivity (Wildman–Crippen MR) is 115 cm³/mol. The Morgan fingerprint density at radius 1 is 1.26 bits per heavy atom. The van der Waals surface area contributed by atoms with E-state index in [1.165, 1.54) is 6.26 Å². The van der Waals surface area contributed by atoms with Crippen LogP contribution in [0.3, 0.4) is 0 Å². The van der Waals surface area contributed by atoms with Crippen LogP contribution in [-0.4, -0.2) is 44.6 Å². The molecule has 2 N–H and O–H groups in total. The van der Waals surface area contributed by atoms with Crippen molar-refractivity contribution < 1.29 is 14.3 Å². The number of rotatable bonds is 4. The highest BCUT2D eigenvalue weighted by atomic mass is 16.3. The zero-order valence-corrected chi connectivity index (χ0v) is 17.1. The van der Waals surface area contributed by atoms with Gasteiger partial charge in [0.2, 0.25) is 0 Å². The molecule has 0 aliphatic carbocycles. The molecule has 0 unspecified atom stereocenters. The van der Waals surface area contributed by atoms with Gasteiger partial charge in [-0.15, -0.1) is 0 Å². The lowest BCUT2D eigenvalue weighted by Crippen LogP contribution is -2.62. The maximum Gasteiger partial charge on any atom is 0.288 e. The molecule has 1 saturated heterocycles. The molecule has 4 heterocycles. The fraction of sp³-hybridized carbons (Fsp3) is 0.261. The van der Waals surface area contributed by atoms with Crippen molar-refractivity contribution in [1.82, 2.24) is 19.7 Å². The zero-order valence-electron chi connectivity index (χ0n) is 17.1. The lowest BCUT2D eigenvalue weighted by molar-refractivity contribution is 0.0352. The number of carbonyl (C=O) groups is 1. The summed E-state index contributed by atoms with van der Waals surface area (Å²) in [6.07, 6.45) is 8.21. The Morgan fingerprint density at radius 3 is 2.84 bits per heavy atom. The van der Waals surface area contributed by atoms with Crippen LogP contribution in [0.5, 0.6) is 0 Å². The second-order valence-corrected chi connectivity index (χ2v) is 7.86. The quantitative estimate of drug-likeness (QED) is 0.530.